The molecule has 0 aromatic heterocycles. The van der Waals surface area contributed by atoms with E-state index in [1.165, 1.54) is 0 Å². The van der Waals surface area contributed by atoms with Crippen LogP contribution in [0.3, 0.4) is 0 Å². The summed E-state index contributed by atoms with van der Waals surface area (Å²) >= 11 is 0. The molecule has 1 aliphatic heterocycles. The first kappa shape index (κ1) is 27.3. The smallest absolute Gasteiger partial charge is 0.336 e. The van der Waals surface area contributed by atoms with E-state index in [0.717, 1.165) is 33.6 Å². The van der Waals surface area contributed by atoms with E-state index in [2.05, 4.69) is 5.32 Å². The van der Waals surface area contributed by atoms with Gasteiger partial charge in [-0.05, 0) is 55.0 Å². The number of rotatable bonds is 8. The second kappa shape index (κ2) is 11.8. The van der Waals surface area contributed by atoms with Gasteiger partial charge in [0.15, 0.2) is 17.3 Å². The maximum Gasteiger partial charge on any atom is 0.336 e. The third-order valence-corrected chi connectivity index (χ3v) is 7.80. The third kappa shape index (κ3) is 5.53. The summed E-state index contributed by atoms with van der Waals surface area (Å²) in [6, 6.07) is 23.8. The van der Waals surface area contributed by atoms with Crippen molar-refractivity contribution in [2.75, 3.05) is 20.8 Å². The topological polar surface area (TPSA) is 73.9 Å². The lowest BCUT2D eigenvalue weighted by molar-refractivity contribution is -0.139. The summed E-state index contributed by atoms with van der Waals surface area (Å²) in [6.45, 7) is 4.18. The molecule has 206 valence electrons. The van der Waals surface area contributed by atoms with Crippen LogP contribution < -0.4 is 14.8 Å². The Morgan fingerprint density at radius 1 is 0.875 bits per heavy atom. The van der Waals surface area contributed by atoms with Crippen LogP contribution in [-0.4, -0.2) is 32.6 Å². The number of esters is 1. The van der Waals surface area contributed by atoms with Crippen molar-refractivity contribution >= 4 is 11.8 Å². The number of ketones is 1. The molecule has 0 saturated heterocycles. The van der Waals surface area contributed by atoms with Crippen molar-refractivity contribution in [3.63, 3.8) is 0 Å². The summed E-state index contributed by atoms with van der Waals surface area (Å²) in [5.74, 6) is 0.411. The average Bonchev–Trinajstić information content (AvgIpc) is 2.96. The molecular formula is C34H35NO5. The monoisotopic (exact) mass is 537 g/mol. The SMILES string of the molecule is COc1ccc([C@@H]2CC(=O)C3=C(C2)NC(C)=C(C(=O)OCCc2ccccc2)[C@@H]3c2ccc(C)cc2)cc1OC. The van der Waals surface area contributed by atoms with Crippen LogP contribution in [0.2, 0.25) is 0 Å². The summed E-state index contributed by atoms with van der Waals surface area (Å²) in [4.78, 5) is 27.5. The van der Waals surface area contributed by atoms with Crippen molar-refractivity contribution in [1.82, 2.24) is 5.32 Å². The van der Waals surface area contributed by atoms with Crippen molar-refractivity contribution in [1.29, 1.82) is 0 Å². The van der Waals surface area contributed by atoms with E-state index in [-0.39, 0.29) is 18.3 Å². The number of Topliss-reactive ketones (excluding diaryl/α,β-unsaturated/α-hetero) is 1. The molecule has 0 saturated carbocycles. The average molecular weight is 538 g/mol. The highest BCUT2D eigenvalue weighted by molar-refractivity contribution is 6.04. The van der Waals surface area contributed by atoms with Crippen molar-refractivity contribution in [3.05, 3.63) is 118 Å². The maximum atomic E-state index is 13.9. The molecule has 2 atom stereocenters. The molecule has 6 heteroatoms. The Balaban J connectivity index is 1.46. The number of ether oxygens (including phenoxy) is 3. The van der Waals surface area contributed by atoms with E-state index in [4.69, 9.17) is 14.2 Å². The molecule has 0 unspecified atom stereocenters. The highest BCUT2D eigenvalue weighted by atomic mass is 16.5. The first-order chi connectivity index (χ1) is 19.4. The van der Waals surface area contributed by atoms with Crippen LogP contribution in [0.5, 0.6) is 11.5 Å². The number of carbonyl (C=O) groups is 2. The van der Waals surface area contributed by atoms with Gasteiger partial charge in [0.05, 0.1) is 26.4 Å². The summed E-state index contributed by atoms with van der Waals surface area (Å²) in [5.41, 5.74) is 6.87. The van der Waals surface area contributed by atoms with E-state index in [9.17, 15) is 9.59 Å². The van der Waals surface area contributed by atoms with Crippen molar-refractivity contribution in [2.45, 2.75) is 44.9 Å². The number of carbonyl (C=O) groups excluding carboxylic acids is 2. The molecule has 5 rings (SSSR count). The van der Waals surface area contributed by atoms with Crippen molar-refractivity contribution < 1.29 is 23.8 Å². The van der Waals surface area contributed by atoms with Gasteiger partial charge in [0.2, 0.25) is 0 Å². The summed E-state index contributed by atoms with van der Waals surface area (Å²) in [5, 5.41) is 3.43. The number of nitrogens with one attached hydrogen (secondary N) is 1. The molecule has 1 heterocycles. The zero-order chi connectivity index (χ0) is 28.2. The van der Waals surface area contributed by atoms with Crippen molar-refractivity contribution in [3.8, 4) is 11.5 Å². The van der Waals surface area contributed by atoms with Crippen LogP contribution in [0.15, 0.2) is 95.3 Å². The fraction of sp³-hybridized carbons (Fsp3) is 0.294. The first-order valence-electron chi connectivity index (χ1n) is 13.6. The quantitative estimate of drug-likeness (QED) is 0.347. The van der Waals surface area contributed by atoms with Gasteiger partial charge in [0, 0.05) is 35.7 Å². The summed E-state index contributed by atoms with van der Waals surface area (Å²) in [6.07, 6.45) is 1.61. The van der Waals surface area contributed by atoms with E-state index in [1.54, 1.807) is 14.2 Å². The zero-order valence-electron chi connectivity index (χ0n) is 23.5. The van der Waals surface area contributed by atoms with Crippen LogP contribution >= 0.6 is 0 Å². The number of allylic oxidation sites excluding steroid dienone is 3. The molecule has 0 radical (unpaired) electrons. The minimum absolute atomic E-state index is 0.0237. The Labute approximate surface area is 235 Å². The first-order valence-corrected chi connectivity index (χ1v) is 13.6. The molecule has 0 spiro atoms. The van der Waals surface area contributed by atoms with Crippen LogP contribution in [0, 0.1) is 6.92 Å². The largest absolute Gasteiger partial charge is 0.493 e. The Hall–Kier alpha value is -4.32. The van der Waals surface area contributed by atoms with E-state index >= 15 is 0 Å². The number of benzene rings is 3. The number of methoxy groups -OCH3 is 2. The molecule has 0 bridgehead atoms. The third-order valence-electron chi connectivity index (χ3n) is 7.80. The highest BCUT2D eigenvalue weighted by Crippen LogP contribution is 2.46. The van der Waals surface area contributed by atoms with Gasteiger partial charge in [0.1, 0.15) is 0 Å². The van der Waals surface area contributed by atoms with Crippen LogP contribution in [0.25, 0.3) is 0 Å². The van der Waals surface area contributed by atoms with Gasteiger partial charge >= 0.3 is 5.97 Å². The Morgan fingerprint density at radius 3 is 2.27 bits per heavy atom. The predicted molar refractivity (Wildman–Crippen MR) is 154 cm³/mol. The molecule has 6 nitrogen and oxygen atoms in total. The van der Waals surface area contributed by atoms with Gasteiger partial charge in [-0.15, -0.1) is 0 Å². The summed E-state index contributed by atoms with van der Waals surface area (Å²) < 4.78 is 16.7. The molecule has 1 aliphatic carbocycles. The molecule has 0 fully saturated rings. The molecule has 1 N–H and O–H groups in total. The normalized spacial score (nSPS) is 18.6. The maximum absolute atomic E-state index is 13.9. The molecule has 3 aromatic rings. The Kier molecular flexibility index (Phi) is 8.06. The van der Waals surface area contributed by atoms with Crippen LogP contribution in [0.1, 0.15) is 53.9 Å². The second-order valence-corrected chi connectivity index (χ2v) is 10.4. The second-order valence-electron chi connectivity index (χ2n) is 10.4. The van der Waals surface area contributed by atoms with Gasteiger partial charge in [-0.25, -0.2) is 4.79 Å². The van der Waals surface area contributed by atoms with Gasteiger partial charge in [-0.1, -0.05) is 66.2 Å². The molecule has 0 amide bonds. The Bertz CT molecular complexity index is 1470. The number of hydrogen-bond donors (Lipinski definition) is 1. The molecule has 3 aromatic carbocycles. The van der Waals surface area contributed by atoms with E-state index in [1.807, 2.05) is 86.6 Å². The number of dihydropyridines is 1. The van der Waals surface area contributed by atoms with Gasteiger partial charge < -0.3 is 19.5 Å². The standard InChI is InChI=1S/C34H35NO5/c1-21-10-12-24(13-11-21)32-31(34(37)40-17-16-23-8-6-5-7-9-23)22(2)35-27-18-26(19-28(36)33(27)32)25-14-15-29(38-3)30(20-25)39-4/h5-15,20,26,32,35H,16-19H2,1-4H3/t26-,32-/m0/s1. The highest BCUT2D eigenvalue weighted by Gasteiger charge is 2.41. The zero-order valence-corrected chi connectivity index (χ0v) is 23.5. The van der Waals surface area contributed by atoms with Crippen molar-refractivity contribution in [2.24, 2.45) is 0 Å². The predicted octanol–water partition coefficient (Wildman–Crippen LogP) is 6.16. The molecular weight excluding hydrogens is 502 g/mol. The van der Waals surface area contributed by atoms with Gasteiger partial charge in [-0.3, -0.25) is 4.79 Å². The molecule has 2 aliphatic rings. The lowest BCUT2D eigenvalue weighted by Crippen LogP contribution is -2.36. The van der Waals surface area contributed by atoms with Gasteiger partial charge in [0.25, 0.3) is 0 Å². The number of hydrogen-bond acceptors (Lipinski definition) is 6. The summed E-state index contributed by atoms with van der Waals surface area (Å²) in [7, 11) is 3.22. The van der Waals surface area contributed by atoms with E-state index < -0.39 is 11.9 Å². The molecule has 40 heavy (non-hydrogen) atoms. The van der Waals surface area contributed by atoms with Crippen LogP contribution in [-0.2, 0) is 20.7 Å². The number of aryl methyl sites for hydroxylation is 1. The minimum Gasteiger partial charge on any atom is -0.493 e. The fourth-order valence-electron chi connectivity index (χ4n) is 5.73. The Morgan fingerprint density at radius 2 is 1.57 bits per heavy atom. The lowest BCUT2D eigenvalue weighted by Gasteiger charge is -2.36. The fourth-order valence-corrected chi connectivity index (χ4v) is 5.73. The lowest BCUT2D eigenvalue weighted by atomic mass is 9.71. The minimum atomic E-state index is -0.486. The van der Waals surface area contributed by atoms with Crippen LogP contribution in [0.4, 0.5) is 0 Å². The van der Waals surface area contributed by atoms with Gasteiger partial charge in [-0.2, -0.15) is 0 Å². The van der Waals surface area contributed by atoms with E-state index in [0.29, 0.717) is 41.9 Å².